The summed E-state index contributed by atoms with van der Waals surface area (Å²) < 4.78 is 53.6. The molecule has 3 atom stereocenters. The van der Waals surface area contributed by atoms with E-state index < -0.39 is 37.3 Å². The molecule has 0 spiro atoms. The van der Waals surface area contributed by atoms with Gasteiger partial charge in [-0.2, -0.15) is 13.2 Å². The summed E-state index contributed by atoms with van der Waals surface area (Å²) in [4.78, 5) is 47.6. The molecule has 0 unspecified atom stereocenters. The zero-order valence-electron chi connectivity index (χ0n) is 51.9. The molecule has 15 heteroatoms. The van der Waals surface area contributed by atoms with Crippen LogP contribution in [-0.2, 0) is 39.8 Å². The number of hydrogen-bond donors (Lipinski definition) is 3. The van der Waals surface area contributed by atoms with Gasteiger partial charge in [0.15, 0.2) is 0 Å². The molecule has 3 rings (SSSR count). The second kappa shape index (κ2) is 59.1. The Morgan fingerprint density at radius 1 is 0.519 bits per heavy atom. The van der Waals surface area contributed by atoms with E-state index in [0.717, 1.165) is 77.7 Å². The van der Waals surface area contributed by atoms with Gasteiger partial charge in [-0.05, 0) is 126 Å². The molecule has 0 radical (unpaired) electrons. The number of halogens is 3. The number of nitrogens with two attached hydrogens (primary N) is 1. The number of allylic oxidation sites excluding steroid dienone is 6. The second-order valence-electron chi connectivity index (χ2n) is 18.1. The summed E-state index contributed by atoms with van der Waals surface area (Å²) in [7, 11) is 2.61. The molecule has 460 valence electrons. The Balaban J connectivity index is -0.000000499. The molecule has 1 amide bonds. The van der Waals surface area contributed by atoms with E-state index >= 15 is 0 Å². The third-order valence-corrected chi connectivity index (χ3v) is 11.8. The summed E-state index contributed by atoms with van der Waals surface area (Å²) in [5, 5.41) is 17.2. The fourth-order valence-corrected chi connectivity index (χ4v) is 7.53. The highest BCUT2D eigenvalue weighted by molar-refractivity contribution is 6.58. The van der Waals surface area contributed by atoms with E-state index in [-0.39, 0.29) is 30.0 Å². The van der Waals surface area contributed by atoms with E-state index in [1.165, 1.54) is 89.0 Å². The summed E-state index contributed by atoms with van der Waals surface area (Å²) in [6.07, 6.45) is 29.8. The number of benzene rings is 3. The van der Waals surface area contributed by atoms with Crippen molar-refractivity contribution in [3.8, 4) is 0 Å². The molecule has 0 fully saturated rings. The molecule has 0 aliphatic carbocycles. The fraction of sp³-hybridized carbons (Fsp3) is 0.576. The Hall–Kier alpha value is -5.51. The maximum absolute atomic E-state index is 13.1. The third kappa shape index (κ3) is 45.8. The number of esters is 3. The summed E-state index contributed by atoms with van der Waals surface area (Å²) in [6, 6.07) is 24.4. The molecule has 0 bridgehead atoms. The van der Waals surface area contributed by atoms with Gasteiger partial charge < -0.3 is 30.0 Å². The van der Waals surface area contributed by atoms with Crippen LogP contribution in [0.4, 0.5) is 18.9 Å². The Morgan fingerprint density at radius 2 is 0.877 bits per heavy atom. The predicted octanol–water partition coefficient (Wildman–Crippen LogP) is 16.0. The van der Waals surface area contributed by atoms with Gasteiger partial charge in [0.05, 0.1) is 27.2 Å². The number of carbonyl (C=O) groups excluding carboxylic acids is 4. The fourth-order valence-electron chi connectivity index (χ4n) is 7.53. The molecule has 0 aliphatic rings. The van der Waals surface area contributed by atoms with Gasteiger partial charge in [-0.1, -0.05) is 216 Å². The highest BCUT2D eigenvalue weighted by atomic mass is 19.4. The van der Waals surface area contributed by atoms with Crippen molar-refractivity contribution in [1.82, 2.24) is 0 Å². The second-order valence-corrected chi connectivity index (χ2v) is 18.1. The maximum atomic E-state index is 13.1. The Morgan fingerprint density at radius 3 is 1.23 bits per heavy atom. The van der Waals surface area contributed by atoms with Crippen LogP contribution in [0.25, 0.3) is 0 Å². The lowest BCUT2D eigenvalue weighted by Gasteiger charge is -2.30. The molecule has 0 aliphatic heterocycles. The molecular formula is C66H108BF3N2O9. The largest absolute Gasteiger partial charge is 0.488 e. The Kier molecular flexibility index (Phi) is 59.8. The molecule has 3 aromatic rings. The number of nitrogens with zero attached hydrogens (tertiary/aromatic N) is 1. The smallest absolute Gasteiger partial charge is 0.469 e. The predicted molar refractivity (Wildman–Crippen MR) is 333 cm³/mol. The van der Waals surface area contributed by atoms with E-state index in [9.17, 15) is 32.3 Å². The minimum absolute atomic E-state index is 0.00957. The van der Waals surface area contributed by atoms with E-state index in [2.05, 4.69) is 66.7 Å². The highest BCUT2D eigenvalue weighted by Gasteiger charge is 2.47. The molecule has 0 saturated heterocycles. The van der Waals surface area contributed by atoms with Crippen molar-refractivity contribution >= 4 is 42.1 Å². The number of amides is 1. The van der Waals surface area contributed by atoms with Crippen molar-refractivity contribution in [3.05, 3.63) is 133 Å². The Bertz CT molecular complexity index is 1970. The van der Waals surface area contributed by atoms with Crippen LogP contribution >= 0.6 is 0 Å². The SMILES string of the molecule is CC.CC.CC.CCCCC/C=C/CCC[C@@H](Cc1ccccc1)C(=O)OC.CCCCC/C=C/CCC[C@@H](N)C(=O)OC.CCCCC/C=C/CCC[C@H](C(=O)OC)N(C(=O)C(F)(F)F)c1ccccc1.OB(O)c1ccccc1. The molecule has 0 saturated carbocycles. The van der Waals surface area contributed by atoms with Crippen molar-refractivity contribution in [3.63, 3.8) is 0 Å². The van der Waals surface area contributed by atoms with Crippen LogP contribution in [0.1, 0.15) is 203 Å². The zero-order chi connectivity index (χ0) is 62.0. The lowest BCUT2D eigenvalue weighted by molar-refractivity contribution is -0.172. The summed E-state index contributed by atoms with van der Waals surface area (Å²) in [5.74, 6) is -3.37. The van der Waals surface area contributed by atoms with E-state index in [1.807, 2.05) is 78.0 Å². The number of methoxy groups -OCH3 is 3. The van der Waals surface area contributed by atoms with Crippen LogP contribution in [0.5, 0.6) is 0 Å². The van der Waals surface area contributed by atoms with Gasteiger partial charge in [0.2, 0.25) is 0 Å². The summed E-state index contributed by atoms with van der Waals surface area (Å²) >= 11 is 0. The van der Waals surface area contributed by atoms with Gasteiger partial charge in [-0.15, -0.1) is 0 Å². The molecule has 3 aromatic carbocycles. The molecule has 0 heterocycles. The molecule has 11 nitrogen and oxygen atoms in total. The van der Waals surface area contributed by atoms with Gasteiger partial charge in [0, 0.05) is 5.69 Å². The van der Waals surface area contributed by atoms with Crippen LogP contribution in [0.15, 0.2) is 127 Å². The van der Waals surface area contributed by atoms with Crippen molar-refractivity contribution in [2.75, 3.05) is 26.2 Å². The van der Waals surface area contributed by atoms with Gasteiger partial charge >= 0.3 is 37.1 Å². The van der Waals surface area contributed by atoms with E-state index in [1.54, 1.807) is 30.3 Å². The number of hydrogen-bond acceptors (Lipinski definition) is 10. The number of para-hydroxylation sites is 1. The first-order valence-electron chi connectivity index (χ1n) is 30.0. The normalized spacial score (nSPS) is 11.6. The van der Waals surface area contributed by atoms with Crippen LogP contribution < -0.4 is 16.1 Å². The number of anilines is 1. The van der Waals surface area contributed by atoms with Crippen LogP contribution in [0.3, 0.4) is 0 Å². The van der Waals surface area contributed by atoms with Crippen molar-refractivity contribution in [1.29, 1.82) is 0 Å². The topological polar surface area (TPSA) is 166 Å². The van der Waals surface area contributed by atoms with Gasteiger partial charge in [-0.25, -0.2) is 4.79 Å². The first kappa shape index (κ1) is 82.0. The molecule has 81 heavy (non-hydrogen) atoms. The molecule has 0 aromatic heterocycles. The maximum Gasteiger partial charge on any atom is 0.488 e. The number of ether oxygens (including phenoxy) is 3. The standard InChI is InChI=1S/C21H28F3NO3.C20H30O2.C13H25NO2.C6H7BO2.3C2H6/c1-3-4-5-6-7-8-9-13-16-18(19(26)28-2)25(20(27)21(22,23)24)17-14-11-10-12-15-17;1-3-4-5-6-7-8-9-13-16-19(20(21)22-2)17-18-14-11-10-12-15-18;1-3-4-5-6-7-8-9-10-11-12(14)13(15)16-2;8-7(9)6-4-2-1-3-5-6;3*1-2/h7-8,10-12,14-15,18H,3-6,9,13,16H2,1-2H3;7-8,10-12,14-15,19H,3-6,9,13,16-17H2,1-2H3;7-8,12H,3-6,9-11,14H2,1-2H3;1-5,8-9H;3*1-2H3/b3*8-7+;;;;/t18-;19-;12-;;;;/m101..../s1. The van der Waals surface area contributed by atoms with Crippen LogP contribution in [0.2, 0.25) is 0 Å². The first-order valence-corrected chi connectivity index (χ1v) is 30.0. The van der Waals surface area contributed by atoms with E-state index in [0.29, 0.717) is 29.6 Å². The molecule has 4 N–H and O–H groups in total. The quantitative estimate of drug-likeness (QED) is 0.0180. The number of unbranched alkanes of at least 4 members (excludes halogenated alkanes) is 12. The first-order chi connectivity index (χ1) is 39.1. The minimum Gasteiger partial charge on any atom is -0.469 e. The lowest BCUT2D eigenvalue weighted by Crippen LogP contribution is -2.51. The van der Waals surface area contributed by atoms with Gasteiger partial charge in [-0.3, -0.25) is 19.3 Å². The number of rotatable bonds is 32. The van der Waals surface area contributed by atoms with Crippen LogP contribution in [0, 0.1) is 5.92 Å². The van der Waals surface area contributed by atoms with Gasteiger partial charge in [0.25, 0.3) is 0 Å². The van der Waals surface area contributed by atoms with Crippen molar-refractivity contribution < 1.29 is 56.6 Å². The number of alkyl halides is 3. The third-order valence-electron chi connectivity index (χ3n) is 11.8. The molecular weight excluding hydrogens is 1030 g/mol. The highest BCUT2D eigenvalue weighted by Crippen LogP contribution is 2.28. The average molecular weight is 1140 g/mol. The monoisotopic (exact) mass is 1140 g/mol. The number of carbonyl (C=O) groups is 4. The minimum atomic E-state index is -5.10. The zero-order valence-corrected chi connectivity index (χ0v) is 51.9. The average Bonchev–Trinajstić information content (AvgIpc) is 3.53. The van der Waals surface area contributed by atoms with Crippen LogP contribution in [-0.4, -0.2) is 80.6 Å². The Labute approximate surface area is 489 Å². The van der Waals surface area contributed by atoms with Crippen molar-refractivity contribution in [2.45, 2.75) is 222 Å². The lowest BCUT2D eigenvalue weighted by atomic mass is 9.81. The van der Waals surface area contributed by atoms with Crippen molar-refractivity contribution in [2.24, 2.45) is 11.7 Å². The summed E-state index contributed by atoms with van der Waals surface area (Å²) in [5.41, 5.74) is 7.35. The van der Waals surface area contributed by atoms with Gasteiger partial charge in [0.1, 0.15) is 12.1 Å². The summed E-state index contributed by atoms with van der Waals surface area (Å²) in [6.45, 7) is 18.6. The van der Waals surface area contributed by atoms with E-state index in [4.69, 9.17) is 20.5 Å².